The summed E-state index contributed by atoms with van der Waals surface area (Å²) in [6, 6.07) is 6.83. The Balaban J connectivity index is 1.45. The van der Waals surface area contributed by atoms with Gasteiger partial charge in [-0.25, -0.2) is 4.39 Å². The maximum Gasteiger partial charge on any atom is 0.237 e. The summed E-state index contributed by atoms with van der Waals surface area (Å²) in [7, 11) is 0. The van der Waals surface area contributed by atoms with E-state index in [2.05, 4.69) is 21.3 Å². The summed E-state index contributed by atoms with van der Waals surface area (Å²) >= 11 is 0. The molecule has 1 saturated heterocycles. The van der Waals surface area contributed by atoms with Crippen LogP contribution >= 0.6 is 0 Å². The lowest BCUT2D eigenvalue weighted by molar-refractivity contribution is -0.127. The second kappa shape index (κ2) is 7.11. The predicted octanol–water partition coefficient (Wildman–Crippen LogP) is 4.10. The molecule has 1 aromatic heterocycles. The molecule has 0 bridgehead atoms. The molecule has 1 unspecified atom stereocenters. The highest BCUT2D eigenvalue weighted by Gasteiger charge is 2.43. The van der Waals surface area contributed by atoms with Crippen molar-refractivity contribution in [2.24, 2.45) is 11.8 Å². The van der Waals surface area contributed by atoms with Crippen LogP contribution in [0.5, 0.6) is 0 Å². The summed E-state index contributed by atoms with van der Waals surface area (Å²) in [5.41, 5.74) is 1.89. The van der Waals surface area contributed by atoms with Crippen LogP contribution in [0.3, 0.4) is 0 Å². The summed E-state index contributed by atoms with van der Waals surface area (Å²) in [5, 5.41) is 4.04. The molecule has 5 heteroatoms. The van der Waals surface area contributed by atoms with Crippen molar-refractivity contribution < 1.29 is 9.18 Å². The zero-order valence-electron chi connectivity index (χ0n) is 17.2. The van der Waals surface area contributed by atoms with Crippen molar-refractivity contribution in [2.75, 3.05) is 13.1 Å². The fraction of sp³-hybridized carbons (Fsp3) is 0.565. The number of carbonyl (C=O) groups is 1. The highest BCUT2D eigenvalue weighted by molar-refractivity contribution is 5.83. The third kappa shape index (κ3) is 3.77. The monoisotopic (exact) mass is 383 g/mol. The molecule has 4 rings (SSSR count). The molecular formula is C23H30FN3O. The smallest absolute Gasteiger partial charge is 0.237 e. The van der Waals surface area contributed by atoms with E-state index in [-0.39, 0.29) is 23.3 Å². The summed E-state index contributed by atoms with van der Waals surface area (Å²) in [5.74, 6) is 1.56. The fourth-order valence-electron chi connectivity index (χ4n) is 5.04. The summed E-state index contributed by atoms with van der Waals surface area (Å²) in [6.45, 7) is 10.0. The van der Waals surface area contributed by atoms with Gasteiger partial charge < -0.3 is 5.32 Å². The zero-order valence-corrected chi connectivity index (χ0v) is 17.2. The van der Waals surface area contributed by atoms with Gasteiger partial charge in [0.2, 0.25) is 5.91 Å². The number of amides is 1. The Bertz CT molecular complexity index is 877. The maximum atomic E-state index is 13.8. The SMILES string of the molecule is CC(C(=O)NC(C)(C)C)N1C[C@H]2C[C@@H](c3ccnc4ccc(F)cc34)C[C@H]2C1. The van der Waals surface area contributed by atoms with Gasteiger partial charge in [-0.3, -0.25) is 14.7 Å². The average molecular weight is 384 g/mol. The molecule has 1 aliphatic heterocycles. The van der Waals surface area contributed by atoms with Crippen molar-refractivity contribution in [1.29, 1.82) is 0 Å². The minimum Gasteiger partial charge on any atom is -0.350 e. The third-order valence-electron chi connectivity index (χ3n) is 6.38. The minimum atomic E-state index is -0.205. The first-order valence-electron chi connectivity index (χ1n) is 10.3. The summed E-state index contributed by atoms with van der Waals surface area (Å²) < 4.78 is 13.8. The van der Waals surface area contributed by atoms with Gasteiger partial charge in [-0.1, -0.05) is 0 Å². The Morgan fingerprint density at radius 1 is 1.21 bits per heavy atom. The number of carbonyl (C=O) groups excluding carboxylic acids is 1. The van der Waals surface area contributed by atoms with Gasteiger partial charge in [0.25, 0.3) is 0 Å². The van der Waals surface area contributed by atoms with Gasteiger partial charge in [0.05, 0.1) is 11.6 Å². The number of nitrogens with zero attached hydrogens (tertiary/aromatic N) is 2. The molecule has 4 nitrogen and oxygen atoms in total. The lowest BCUT2D eigenvalue weighted by Crippen LogP contribution is -2.50. The van der Waals surface area contributed by atoms with Crippen LogP contribution in [0.25, 0.3) is 10.9 Å². The van der Waals surface area contributed by atoms with Gasteiger partial charge in [-0.2, -0.15) is 0 Å². The summed E-state index contributed by atoms with van der Waals surface area (Å²) in [4.78, 5) is 19.3. The topological polar surface area (TPSA) is 45.2 Å². The Labute approximate surface area is 166 Å². The van der Waals surface area contributed by atoms with Crippen LogP contribution in [0.2, 0.25) is 0 Å². The molecule has 0 radical (unpaired) electrons. The number of fused-ring (bicyclic) bond motifs is 2. The first kappa shape index (κ1) is 19.3. The van der Waals surface area contributed by atoms with Gasteiger partial charge in [-0.15, -0.1) is 0 Å². The Hall–Kier alpha value is -2.01. The van der Waals surface area contributed by atoms with Crippen molar-refractivity contribution in [3.05, 3.63) is 41.8 Å². The average Bonchev–Trinajstić information content (AvgIpc) is 3.18. The molecule has 1 amide bonds. The number of pyridine rings is 1. The van der Waals surface area contributed by atoms with Crippen LogP contribution in [0.4, 0.5) is 4.39 Å². The lowest BCUT2D eigenvalue weighted by Gasteiger charge is -2.29. The standard InChI is InChI=1S/C23H30FN3O/c1-14(22(28)26-23(2,3)4)27-12-16-9-15(10-17(16)13-27)19-7-8-25-21-6-5-18(24)11-20(19)21/h5-8,11,14-17H,9-10,12-13H2,1-4H3,(H,26,28)/t14?,15-,16-,17+. The van der Waals surface area contributed by atoms with Gasteiger partial charge in [0.15, 0.2) is 0 Å². The van der Waals surface area contributed by atoms with Crippen LogP contribution in [-0.4, -0.2) is 40.5 Å². The number of hydrogen-bond acceptors (Lipinski definition) is 3. The van der Waals surface area contributed by atoms with Crippen LogP contribution in [-0.2, 0) is 4.79 Å². The molecule has 28 heavy (non-hydrogen) atoms. The van der Waals surface area contributed by atoms with Crippen molar-refractivity contribution >= 4 is 16.8 Å². The Morgan fingerprint density at radius 3 is 2.54 bits per heavy atom. The van der Waals surface area contributed by atoms with E-state index >= 15 is 0 Å². The van der Waals surface area contributed by atoms with Crippen LogP contribution in [0, 0.1) is 17.7 Å². The van der Waals surface area contributed by atoms with Crippen LogP contribution in [0.1, 0.15) is 52.0 Å². The minimum absolute atomic E-state index is 0.0980. The highest BCUT2D eigenvalue weighted by Crippen LogP contribution is 2.47. The molecule has 2 heterocycles. The first-order chi connectivity index (χ1) is 13.2. The van der Waals surface area contributed by atoms with Crippen LogP contribution < -0.4 is 5.32 Å². The van der Waals surface area contributed by atoms with Gasteiger partial charge in [0.1, 0.15) is 5.82 Å². The molecule has 2 aliphatic rings. The third-order valence-corrected chi connectivity index (χ3v) is 6.38. The van der Waals surface area contributed by atoms with Gasteiger partial charge in [0, 0.05) is 30.2 Å². The van der Waals surface area contributed by atoms with Crippen molar-refractivity contribution in [1.82, 2.24) is 15.2 Å². The van der Waals surface area contributed by atoms with E-state index < -0.39 is 0 Å². The molecular weight excluding hydrogens is 353 g/mol. The number of hydrogen-bond donors (Lipinski definition) is 1. The van der Waals surface area contributed by atoms with E-state index in [1.807, 2.05) is 33.9 Å². The summed E-state index contributed by atoms with van der Waals surface area (Å²) in [6.07, 6.45) is 4.05. The normalized spacial score (nSPS) is 26.4. The molecule has 150 valence electrons. The van der Waals surface area contributed by atoms with Crippen LogP contribution in [0.15, 0.2) is 30.5 Å². The van der Waals surface area contributed by atoms with Crippen molar-refractivity contribution in [3.8, 4) is 0 Å². The molecule has 1 aromatic carbocycles. The number of likely N-dealkylation sites (tertiary alicyclic amines) is 1. The number of aromatic nitrogens is 1. The predicted molar refractivity (Wildman–Crippen MR) is 110 cm³/mol. The quantitative estimate of drug-likeness (QED) is 0.868. The lowest BCUT2D eigenvalue weighted by atomic mass is 9.93. The van der Waals surface area contributed by atoms with E-state index in [0.717, 1.165) is 36.8 Å². The molecule has 1 saturated carbocycles. The van der Waals surface area contributed by atoms with E-state index in [4.69, 9.17) is 0 Å². The van der Waals surface area contributed by atoms with Crippen molar-refractivity contribution in [3.63, 3.8) is 0 Å². The molecule has 2 fully saturated rings. The number of halogens is 1. The zero-order chi connectivity index (χ0) is 20.1. The fourth-order valence-corrected chi connectivity index (χ4v) is 5.04. The van der Waals surface area contributed by atoms with E-state index in [0.29, 0.717) is 17.8 Å². The number of rotatable bonds is 3. The number of benzene rings is 1. The van der Waals surface area contributed by atoms with Crippen molar-refractivity contribution in [2.45, 2.75) is 58.0 Å². The largest absolute Gasteiger partial charge is 0.350 e. The molecule has 1 N–H and O–H groups in total. The Morgan fingerprint density at radius 2 is 1.89 bits per heavy atom. The molecule has 1 aliphatic carbocycles. The number of nitrogens with one attached hydrogen (secondary N) is 1. The molecule has 2 aromatic rings. The highest BCUT2D eigenvalue weighted by atomic mass is 19.1. The Kier molecular flexibility index (Phi) is 4.90. The van der Waals surface area contributed by atoms with E-state index in [1.54, 1.807) is 12.1 Å². The van der Waals surface area contributed by atoms with E-state index in [1.165, 1.54) is 11.6 Å². The maximum absolute atomic E-state index is 13.8. The van der Waals surface area contributed by atoms with Gasteiger partial charge >= 0.3 is 0 Å². The first-order valence-corrected chi connectivity index (χ1v) is 10.3. The van der Waals surface area contributed by atoms with Gasteiger partial charge in [-0.05, 0) is 88.1 Å². The van der Waals surface area contributed by atoms with E-state index in [9.17, 15) is 9.18 Å². The molecule has 4 atom stereocenters. The molecule has 0 spiro atoms. The second-order valence-electron chi connectivity index (χ2n) is 9.62. The second-order valence-corrected chi connectivity index (χ2v) is 9.62.